The summed E-state index contributed by atoms with van der Waals surface area (Å²) in [6.45, 7) is -1.59. The van der Waals surface area contributed by atoms with Crippen molar-refractivity contribution in [3.05, 3.63) is 28.2 Å². The maximum atomic E-state index is 12.8. The second-order valence-electron chi connectivity index (χ2n) is 4.01. The number of alkyl halides is 2. The van der Waals surface area contributed by atoms with Crippen LogP contribution in [-0.4, -0.2) is 31.5 Å². The van der Waals surface area contributed by atoms with E-state index < -0.39 is 24.9 Å². The van der Waals surface area contributed by atoms with Crippen molar-refractivity contribution in [2.24, 2.45) is 5.73 Å². The summed E-state index contributed by atoms with van der Waals surface area (Å²) in [6.07, 6.45) is -0.0698. The molecule has 21 heavy (non-hydrogen) atoms. The van der Waals surface area contributed by atoms with E-state index in [-0.39, 0.29) is 25.4 Å². The molecule has 0 unspecified atom stereocenters. The lowest BCUT2D eigenvalue weighted by atomic mass is 10.3. The molecule has 0 aliphatic rings. The standard InChI is InChI=1S/C12H14Cl2F2N2O2.ClH/c13-8-1-2-10(9(14)5-8)20-4-3-11(19)18-7-12(15,16)6-17;/h1-2,5H,3-4,6-7,17H2,(H,18,19);1H. The van der Waals surface area contributed by atoms with Gasteiger partial charge in [-0.05, 0) is 18.2 Å². The van der Waals surface area contributed by atoms with Gasteiger partial charge < -0.3 is 15.8 Å². The predicted molar refractivity (Wildman–Crippen MR) is 80.8 cm³/mol. The lowest BCUT2D eigenvalue weighted by Gasteiger charge is -2.14. The van der Waals surface area contributed by atoms with Crippen LogP contribution in [-0.2, 0) is 4.79 Å². The van der Waals surface area contributed by atoms with Gasteiger partial charge in [-0.1, -0.05) is 23.2 Å². The Hall–Kier alpha value is -0.820. The lowest BCUT2D eigenvalue weighted by molar-refractivity contribution is -0.123. The van der Waals surface area contributed by atoms with E-state index in [9.17, 15) is 13.6 Å². The first-order chi connectivity index (χ1) is 9.34. The van der Waals surface area contributed by atoms with Gasteiger partial charge in [-0.3, -0.25) is 4.79 Å². The number of carbonyl (C=O) groups excluding carboxylic acids is 1. The molecule has 0 aliphatic carbocycles. The van der Waals surface area contributed by atoms with Gasteiger partial charge >= 0.3 is 0 Å². The number of nitrogens with two attached hydrogens (primary N) is 1. The number of rotatable bonds is 7. The fourth-order valence-corrected chi connectivity index (χ4v) is 1.70. The maximum absolute atomic E-state index is 12.8. The van der Waals surface area contributed by atoms with E-state index in [4.69, 9.17) is 33.7 Å². The van der Waals surface area contributed by atoms with Gasteiger partial charge in [-0.25, -0.2) is 8.78 Å². The zero-order chi connectivity index (χ0) is 15.2. The smallest absolute Gasteiger partial charge is 0.277 e. The topological polar surface area (TPSA) is 64.3 Å². The molecule has 1 aromatic rings. The van der Waals surface area contributed by atoms with E-state index >= 15 is 0 Å². The average molecular weight is 364 g/mol. The monoisotopic (exact) mass is 362 g/mol. The van der Waals surface area contributed by atoms with Crippen molar-refractivity contribution in [3.63, 3.8) is 0 Å². The molecule has 0 atom stereocenters. The molecular formula is C12H15Cl3F2N2O2. The Balaban J connectivity index is 0.00000400. The first-order valence-electron chi connectivity index (χ1n) is 5.76. The minimum absolute atomic E-state index is 0. The summed E-state index contributed by atoms with van der Waals surface area (Å²) in [7, 11) is 0. The summed E-state index contributed by atoms with van der Waals surface area (Å²) in [5.74, 6) is -3.28. The zero-order valence-electron chi connectivity index (χ0n) is 10.9. The Morgan fingerprint density at radius 2 is 2.05 bits per heavy atom. The fourth-order valence-electron chi connectivity index (χ4n) is 1.23. The fraction of sp³-hybridized carbons (Fsp3) is 0.417. The normalized spacial score (nSPS) is 10.7. The molecule has 1 amide bonds. The Morgan fingerprint density at radius 1 is 1.38 bits per heavy atom. The van der Waals surface area contributed by atoms with E-state index in [1.54, 1.807) is 12.1 Å². The Kier molecular flexibility index (Phi) is 8.89. The SMILES string of the molecule is Cl.NCC(F)(F)CNC(=O)CCOc1ccc(Cl)cc1Cl. The highest BCUT2D eigenvalue weighted by Gasteiger charge is 2.26. The number of nitrogens with one attached hydrogen (secondary N) is 1. The summed E-state index contributed by atoms with van der Waals surface area (Å²) >= 11 is 11.6. The molecule has 0 fully saturated rings. The minimum atomic E-state index is -3.10. The average Bonchev–Trinajstić information content (AvgIpc) is 2.39. The van der Waals surface area contributed by atoms with Gasteiger partial charge in [0.05, 0.1) is 31.1 Å². The number of carbonyl (C=O) groups is 1. The van der Waals surface area contributed by atoms with Crippen molar-refractivity contribution in [1.82, 2.24) is 5.32 Å². The molecule has 1 rings (SSSR count). The van der Waals surface area contributed by atoms with Crippen molar-refractivity contribution < 1.29 is 18.3 Å². The molecule has 1 aromatic carbocycles. The molecule has 3 N–H and O–H groups in total. The summed E-state index contributed by atoms with van der Waals surface area (Å²) < 4.78 is 30.8. The van der Waals surface area contributed by atoms with Gasteiger partial charge in [-0.2, -0.15) is 0 Å². The summed E-state index contributed by atoms with van der Waals surface area (Å²) in [4.78, 5) is 11.3. The maximum Gasteiger partial charge on any atom is 0.277 e. The summed E-state index contributed by atoms with van der Waals surface area (Å²) in [5.41, 5.74) is 4.85. The first kappa shape index (κ1) is 20.2. The van der Waals surface area contributed by atoms with Crippen LogP contribution in [0.5, 0.6) is 5.75 Å². The van der Waals surface area contributed by atoms with Gasteiger partial charge in [-0.15, -0.1) is 12.4 Å². The van der Waals surface area contributed by atoms with Crippen molar-refractivity contribution in [2.45, 2.75) is 12.3 Å². The summed E-state index contributed by atoms with van der Waals surface area (Å²) in [6, 6.07) is 4.65. The van der Waals surface area contributed by atoms with Crippen LogP contribution in [0.1, 0.15) is 6.42 Å². The van der Waals surface area contributed by atoms with Gasteiger partial charge in [0, 0.05) is 5.02 Å². The largest absolute Gasteiger partial charge is 0.491 e. The Bertz CT molecular complexity index is 476. The first-order valence-corrected chi connectivity index (χ1v) is 6.52. The highest BCUT2D eigenvalue weighted by molar-refractivity contribution is 6.35. The van der Waals surface area contributed by atoms with Crippen LogP contribution in [0.2, 0.25) is 10.0 Å². The van der Waals surface area contributed by atoms with Crippen LogP contribution in [0.25, 0.3) is 0 Å². The van der Waals surface area contributed by atoms with E-state index in [1.165, 1.54) is 6.07 Å². The van der Waals surface area contributed by atoms with Crippen molar-refractivity contribution in [1.29, 1.82) is 0 Å². The molecule has 120 valence electrons. The highest BCUT2D eigenvalue weighted by Crippen LogP contribution is 2.27. The van der Waals surface area contributed by atoms with Crippen LogP contribution in [0.4, 0.5) is 8.78 Å². The second-order valence-corrected chi connectivity index (χ2v) is 4.85. The molecule has 0 aliphatic heterocycles. The molecule has 0 saturated carbocycles. The highest BCUT2D eigenvalue weighted by atomic mass is 35.5. The number of halogens is 5. The van der Waals surface area contributed by atoms with Gasteiger partial charge in [0.1, 0.15) is 5.75 Å². The van der Waals surface area contributed by atoms with Crippen molar-refractivity contribution >= 4 is 41.5 Å². The van der Waals surface area contributed by atoms with Crippen LogP contribution >= 0.6 is 35.6 Å². The number of ether oxygens (including phenoxy) is 1. The summed E-state index contributed by atoms with van der Waals surface area (Å²) in [5, 5.41) is 2.86. The van der Waals surface area contributed by atoms with E-state index in [1.807, 2.05) is 0 Å². The van der Waals surface area contributed by atoms with Crippen LogP contribution in [0.15, 0.2) is 18.2 Å². The third-order valence-electron chi connectivity index (χ3n) is 2.32. The van der Waals surface area contributed by atoms with Crippen LogP contribution in [0.3, 0.4) is 0 Å². The molecule has 0 radical (unpaired) electrons. The quantitative estimate of drug-likeness (QED) is 0.783. The molecule has 0 bridgehead atoms. The van der Waals surface area contributed by atoms with Crippen LogP contribution in [0, 0.1) is 0 Å². The van der Waals surface area contributed by atoms with E-state index in [0.717, 1.165) is 0 Å². The third kappa shape index (κ3) is 7.66. The number of hydrogen-bond donors (Lipinski definition) is 2. The lowest BCUT2D eigenvalue weighted by Crippen LogP contribution is -2.41. The van der Waals surface area contributed by atoms with Gasteiger partial charge in [0.2, 0.25) is 5.91 Å². The van der Waals surface area contributed by atoms with E-state index in [2.05, 4.69) is 5.32 Å². The Labute approximate surface area is 137 Å². The molecule has 0 aromatic heterocycles. The van der Waals surface area contributed by atoms with Crippen LogP contribution < -0.4 is 15.8 Å². The number of hydrogen-bond acceptors (Lipinski definition) is 3. The van der Waals surface area contributed by atoms with Crippen molar-refractivity contribution in [2.75, 3.05) is 19.7 Å². The molecule has 9 heteroatoms. The van der Waals surface area contributed by atoms with E-state index in [0.29, 0.717) is 15.8 Å². The molecule has 0 saturated heterocycles. The number of amides is 1. The van der Waals surface area contributed by atoms with Crippen molar-refractivity contribution in [3.8, 4) is 5.75 Å². The molecular weight excluding hydrogens is 348 g/mol. The predicted octanol–water partition coefficient (Wildman–Crippen LogP) is 2.89. The van der Waals surface area contributed by atoms with Gasteiger partial charge in [0.25, 0.3) is 5.92 Å². The molecule has 0 spiro atoms. The minimum Gasteiger partial charge on any atom is -0.491 e. The van der Waals surface area contributed by atoms with Gasteiger partial charge in [0.15, 0.2) is 0 Å². The Morgan fingerprint density at radius 3 is 2.62 bits per heavy atom. The zero-order valence-corrected chi connectivity index (χ0v) is 13.2. The number of benzene rings is 1. The third-order valence-corrected chi connectivity index (χ3v) is 2.85. The molecule has 4 nitrogen and oxygen atoms in total. The molecule has 0 heterocycles. The second kappa shape index (κ2) is 9.25.